The monoisotopic (exact) mass is 409 g/mol. The van der Waals surface area contributed by atoms with E-state index >= 15 is 0 Å². The van der Waals surface area contributed by atoms with E-state index in [0.717, 1.165) is 32.4 Å². The number of hydrogen-bond acceptors (Lipinski definition) is 4. The molecule has 0 radical (unpaired) electrons. The quantitative estimate of drug-likeness (QED) is 0.556. The molecule has 3 aromatic rings. The van der Waals surface area contributed by atoms with E-state index < -0.39 is 0 Å². The smallest absolute Gasteiger partial charge is 0.195 e. The van der Waals surface area contributed by atoms with Crippen molar-refractivity contribution in [2.75, 3.05) is 7.11 Å². The lowest BCUT2D eigenvalue weighted by Gasteiger charge is -2.10. The fourth-order valence-corrected chi connectivity index (χ4v) is 3.63. The van der Waals surface area contributed by atoms with Crippen LogP contribution in [0.3, 0.4) is 0 Å². The Labute approximate surface area is 152 Å². The van der Waals surface area contributed by atoms with Crippen LogP contribution in [-0.4, -0.2) is 21.9 Å². The molecular weight excluding hydrogens is 398 g/mol. The second-order valence-corrected chi connectivity index (χ2v) is 7.00. The Morgan fingerprint density at radius 3 is 2.91 bits per heavy atom. The summed E-state index contributed by atoms with van der Waals surface area (Å²) in [5.41, 5.74) is 2.03. The summed E-state index contributed by atoms with van der Waals surface area (Å²) >= 11 is 11.1. The van der Waals surface area contributed by atoms with Crippen molar-refractivity contribution in [1.29, 1.82) is 0 Å². The third-order valence-corrected chi connectivity index (χ3v) is 4.92. The number of benzene rings is 2. The van der Waals surface area contributed by atoms with Crippen LogP contribution in [-0.2, 0) is 5.75 Å². The summed E-state index contributed by atoms with van der Waals surface area (Å²) in [5, 5.41) is 9.69. The van der Waals surface area contributed by atoms with Crippen molar-refractivity contribution in [3.63, 3.8) is 0 Å². The van der Waals surface area contributed by atoms with Gasteiger partial charge in [-0.15, -0.1) is 10.2 Å². The number of methoxy groups -OCH3 is 1. The summed E-state index contributed by atoms with van der Waals surface area (Å²) in [7, 11) is 1.67. The molecule has 0 atom stereocenters. The number of ether oxygens (including phenoxy) is 1. The highest BCUT2D eigenvalue weighted by atomic mass is 79.9. The molecule has 1 aromatic heterocycles. The van der Waals surface area contributed by atoms with Crippen LogP contribution in [0.1, 0.15) is 5.56 Å². The van der Waals surface area contributed by atoms with Gasteiger partial charge in [-0.3, -0.25) is 4.57 Å². The molecule has 0 saturated carbocycles. The first kappa shape index (κ1) is 16.4. The van der Waals surface area contributed by atoms with E-state index in [1.54, 1.807) is 25.2 Å². The number of halogens is 2. The predicted octanol–water partition coefficient (Wildman–Crippen LogP) is 4.98. The highest BCUT2D eigenvalue weighted by Gasteiger charge is 2.10. The van der Waals surface area contributed by atoms with Crippen LogP contribution in [0, 0.1) is 0 Å². The molecule has 0 aliphatic carbocycles. The molecule has 0 unspecified atom stereocenters. The number of hydrogen-bond donors (Lipinski definition) is 0. The number of nitrogens with zero attached hydrogens (tertiary/aromatic N) is 3. The van der Waals surface area contributed by atoms with Crippen molar-refractivity contribution in [2.45, 2.75) is 10.9 Å². The van der Waals surface area contributed by atoms with Crippen LogP contribution in [0.5, 0.6) is 5.75 Å². The SMILES string of the molecule is COc1ccc(Br)cc1CSc1nncn1-c1cccc(Cl)c1. The normalized spacial score (nSPS) is 10.7. The van der Waals surface area contributed by atoms with Crippen molar-refractivity contribution in [1.82, 2.24) is 14.8 Å². The number of thioether (sulfide) groups is 1. The maximum Gasteiger partial charge on any atom is 0.195 e. The molecule has 0 N–H and O–H groups in total. The van der Waals surface area contributed by atoms with Crippen LogP contribution in [0.15, 0.2) is 58.4 Å². The lowest BCUT2D eigenvalue weighted by molar-refractivity contribution is 0.411. The largest absolute Gasteiger partial charge is 0.496 e. The van der Waals surface area contributed by atoms with E-state index in [1.807, 2.05) is 47.0 Å². The van der Waals surface area contributed by atoms with Crippen LogP contribution in [0.2, 0.25) is 5.02 Å². The first-order chi connectivity index (χ1) is 11.2. The Kier molecular flexibility index (Phi) is 5.25. The van der Waals surface area contributed by atoms with Gasteiger partial charge in [0.2, 0.25) is 0 Å². The first-order valence-electron chi connectivity index (χ1n) is 6.78. The highest BCUT2D eigenvalue weighted by Crippen LogP contribution is 2.30. The van der Waals surface area contributed by atoms with Gasteiger partial charge in [-0.1, -0.05) is 45.4 Å². The summed E-state index contributed by atoms with van der Waals surface area (Å²) in [4.78, 5) is 0. The molecule has 7 heteroatoms. The van der Waals surface area contributed by atoms with Crippen molar-refractivity contribution in [2.24, 2.45) is 0 Å². The molecule has 0 spiro atoms. The molecule has 0 aliphatic rings. The molecule has 0 aliphatic heterocycles. The van der Waals surface area contributed by atoms with Gasteiger partial charge in [0.05, 0.1) is 12.8 Å². The molecule has 0 amide bonds. The van der Waals surface area contributed by atoms with Gasteiger partial charge in [0.25, 0.3) is 0 Å². The van der Waals surface area contributed by atoms with E-state index in [1.165, 1.54) is 0 Å². The second-order valence-electron chi connectivity index (χ2n) is 4.71. The number of aromatic nitrogens is 3. The van der Waals surface area contributed by atoms with Gasteiger partial charge < -0.3 is 4.74 Å². The molecular formula is C16H13BrClN3OS. The van der Waals surface area contributed by atoms with Gasteiger partial charge in [-0.2, -0.15) is 0 Å². The first-order valence-corrected chi connectivity index (χ1v) is 8.94. The van der Waals surface area contributed by atoms with Crippen molar-refractivity contribution in [3.8, 4) is 11.4 Å². The topological polar surface area (TPSA) is 39.9 Å². The molecule has 0 saturated heterocycles. The van der Waals surface area contributed by atoms with Gasteiger partial charge in [0.1, 0.15) is 12.1 Å². The Balaban J connectivity index is 1.83. The summed E-state index contributed by atoms with van der Waals surface area (Å²) in [6, 6.07) is 13.6. The molecule has 118 valence electrons. The van der Waals surface area contributed by atoms with Crippen LogP contribution in [0.25, 0.3) is 5.69 Å². The van der Waals surface area contributed by atoms with Crippen LogP contribution in [0.4, 0.5) is 0 Å². The molecule has 0 fully saturated rings. The third-order valence-electron chi connectivity index (χ3n) is 3.20. The second kappa shape index (κ2) is 7.38. The van der Waals surface area contributed by atoms with Crippen molar-refractivity contribution >= 4 is 39.3 Å². The minimum absolute atomic E-state index is 0.681. The summed E-state index contributed by atoms with van der Waals surface area (Å²) in [6.07, 6.45) is 1.69. The minimum atomic E-state index is 0.681. The van der Waals surface area contributed by atoms with E-state index in [9.17, 15) is 0 Å². The van der Waals surface area contributed by atoms with Gasteiger partial charge in [0.15, 0.2) is 5.16 Å². The Morgan fingerprint density at radius 1 is 1.26 bits per heavy atom. The van der Waals surface area contributed by atoms with Crippen molar-refractivity contribution in [3.05, 3.63) is 63.9 Å². The van der Waals surface area contributed by atoms with Crippen LogP contribution >= 0.6 is 39.3 Å². The molecule has 0 bridgehead atoms. The zero-order valence-corrected chi connectivity index (χ0v) is 15.4. The fraction of sp³-hybridized carbons (Fsp3) is 0.125. The van der Waals surface area contributed by atoms with Gasteiger partial charge in [-0.25, -0.2) is 0 Å². The molecule has 1 heterocycles. The lowest BCUT2D eigenvalue weighted by Crippen LogP contribution is -1.96. The average Bonchev–Trinajstić information content (AvgIpc) is 3.01. The Hall–Kier alpha value is -1.50. The molecule has 3 rings (SSSR count). The summed E-state index contributed by atoms with van der Waals surface area (Å²) in [6.45, 7) is 0. The van der Waals surface area contributed by atoms with Crippen molar-refractivity contribution < 1.29 is 4.74 Å². The van der Waals surface area contributed by atoms with E-state index in [4.69, 9.17) is 16.3 Å². The third kappa shape index (κ3) is 3.88. The number of rotatable bonds is 5. The Morgan fingerprint density at radius 2 is 2.13 bits per heavy atom. The maximum atomic E-state index is 6.06. The van der Waals surface area contributed by atoms with Gasteiger partial charge >= 0.3 is 0 Å². The van der Waals surface area contributed by atoms with E-state index in [-0.39, 0.29) is 0 Å². The zero-order valence-electron chi connectivity index (χ0n) is 12.2. The maximum absolute atomic E-state index is 6.06. The fourth-order valence-electron chi connectivity index (χ4n) is 2.13. The summed E-state index contributed by atoms with van der Waals surface area (Å²) < 4.78 is 8.34. The van der Waals surface area contributed by atoms with Gasteiger partial charge in [0, 0.05) is 20.8 Å². The van der Waals surface area contributed by atoms with E-state index in [0.29, 0.717) is 5.02 Å². The highest BCUT2D eigenvalue weighted by molar-refractivity contribution is 9.10. The summed E-state index contributed by atoms with van der Waals surface area (Å²) in [5.74, 6) is 1.58. The predicted molar refractivity (Wildman–Crippen MR) is 96.6 cm³/mol. The van der Waals surface area contributed by atoms with E-state index in [2.05, 4.69) is 26.1 Å². The zero-order chi connectivity index (χ0) is 16.2. The van der Waals surface area contributed by atoms with Gasteiger partial charge in [-0.05, 0) is 36.4 Å². The molecule has 23 heavy (non-hydrogen) atoms. The standard InChI is InChI=1S/C16H13BrClN3OS/c1-22-15-6-5-12(17)7-11(15)9-23-16-20-19-10-21(16)14-4-2-3-13(18)8-14/h2-8,10H,9H2,1H3. The Bertz CT molecular complexity index is 825. The van der Waals surface area contributed by atoms with Crippen LogP contribution < -0.4 is 4.74 Å². The minimum Gasteiger partial charge on any atom is -0.496 e. The molecule has 2 aromatic carbocycles. The molecule has 4 nitrogen and oxygen atoms in total. The average molecular weight is 411 g/mol. The lowest BCUT2D eigenvalue weighted by atomic mass is 10.2.